The molecular weight excluding hydrogens is 340 g/mol. The van der Waals surface area contributed by atoms with Crippen LogP contribution in [-0.4, -0.2) is 16.1 Å². The van der Waals surface area contributed by atoms with Crippen molar-refractivity contribution in [2.45, 2.75) is 33.3 Å². The van der Waals surface area contributed by atoms with Crippen LogP contribution < -0.4 is 4.74 Å². The first-order valence-electron chi connectivity index (χ1n) is 6.50. The molecule has 0 N–H and O–H groups in total. The Labute approximate surface area is 132 Å². The van der Waals surface area contributed by atoms with Gasteiger partial charge >= 0.3 is 0 Å². The van der Waals surface area contributed by atoms with Gasteiger partial charge in [-0.25, -0.2) is 9.97 Å². The third-order valence-electron chi connectivity index (χ3n) is 2.70. The molecule has 1 aromatic heterocycles. The molecule has 0 spiro atoms. The van der Waals surface area contributed by atoms with E-state index in [-0.39, 0.29) is 6.10 Å². The molecule has 1 aromatic carbocycles. The molecule has 1 heterocycles. The van der Waals surface area contributed by atoms with E-state index < -0.39 is 0 Å². The maximum atomic E-state index is 6.13. The Morgan fingerprint density at radius 3 is 2.40 bits per heavy atom. The molecule has 5 heteroatoms. The lowest BCUT2D eigenvalue weighted by Crippen LogP contribution is -2.05. The number of halogens is 2. The van der Waals surface area contributed by atoms with Gasteiger partial charge in [0.1, 0.15) is 10.9 Å². The molecule has 0 aliphatic rings. The lowest BCUT2D eigenvalue weighted by atomic mass is 10.2. The molecule has 2 aromatic rings. The summed E-state index contributed by atoms with van der Waals surface area (Å²) in [4.78, 5) is 8.84. The molecule has 0 aliphatic heterocycles. The quantitative estimate of drug-likeness (QED) is 0.731. The van der Waals surface area contributed by atoms with E-state index in [2.05, 4.69) is 25.9 Å². The zero-order valence-electron chi connectivity index (χ0n) is 11.7. The van der Waals surface area contributed by atoms with Crippen molar-refractivity contribution in [3.63, 3.8) is 0 Å². The Morgan fingerprint density at radius 1 is 1.20 bits per heavy atom. The van der Waals surface area contributed by atoms with E-state index >= 15 is 0 Å². The molecular formula is C15H16BrClN2O. The van der Waals surface area contributed by atoms with Crippen molar-refractivity contribution in [3.8, 4) is 17.1 Å². The van der Waals surface area contributed by atoms with Crippen LogP contribution in [-0.2, 0) is 6.42 Å². The summed E-state index contributed by atoms with van der Waals surface area (Å²) in [7, 11) is 0. The highest BCUT2D eigenvalue weighted by molar-refractivity contribution is 9.10. The van der Waals surface area contributed by atoms with Gasteiger partial charge in [0.25, 0.3) is 0 Å². The largest absolute Gasteiger partial charge is 0.491 e. The molecule has 0 unspecified atom stereocenters. The van der Waals surface area contributed by atoms with Crippen LogP contribution in [0.3, 0.4) is 0 Å². The second kappa shape index (κ2) is 6.55. The highest BCUT2D eigenvalue weighted by Gasteiger charge is 2.11. The number of hydrogen-bond donors (Lipinski definition) is 0. The summed E-state index contributed by atoms with van der Waals surface area (Å²) in [5.74, 6) is 1.47. The van der Waals surface area contributed by atoms with Gasteiger partial charge in [-0.1, -0.05) is 18.5 Å². The highest BCUT2D eigenvalue weighted by atomic mass is 79.9. The number of ether oxygens (including phenoxy) is 1. The number of aryl methyl sites for hydroxylation is 1. The molecule has 0 fully saturated rings. The third kappa shape index (κ3) is 3.49. The molecule has 0 saturated carbocycles. The molecule has 0 atom stereocenters. The minimum atomic E-state index is 0.158. The average Bonchev–Trinajstić information content (AvgIpc) is 2.42. The number of hydrogen-bond acceptors (Lipinski definition) is 3. The average molecular weight is 356 g/mol. The Hall–Kier alpha value is -1.13. The molecule has 2 rings (SSSR count). The molecule has 0 bridgehead atoms. The number of nitrogens with zero attached hydrogens (tertiary/aromatic N) is 2. The first-order valence-corrected chi connectivity index (χ1v) is 7.67. The van der Waals surface area contributed by atoms with Crippen molar-refractivity contribution in [1.82, 2.24) is 9.97 Å². The van der Waals surface area contributed by atoms with E-state index in [1.54, 1.807) is 0 Å². The Balaban J connectivity index is 2.34. The van der Waals surface area contributed by atoms with Crippen LogP contribution in [0.4, 0.5) is 0 Å². The van der Waals surface area contributed by atoms with Gasteiger partial charge in [-0.05, 0) is 60.5 Å². The van der Waals surface area contributed by atoms with Crippen LogP contribution in [0.15, 0.2) is 28.7 Å². The lowest BCUT2D eigenvalue weighted by molar-refractivity contribution is 0.242. The lowest BCUT2D eigenvalue weighted by Gasteiger charge is -2.10. The summed E-state index contributed by atoms with van der Waals surface area (Å²) in [6, 6.07) is 7.72. The Kier molecular flexibility index (Phi) is 5.00. The van der Waals surface area contributed by atoms with Gasteiger partial charge in [0.05, 0.1) is 16.3 Å². The van der Waals surface area contributed by atoms with Gasteiger partial charge in [-0.3, -0.25) is 0 Å². The van der Waals surface area contributed by atoms with Gasteiger partial charge in [0.2, 0.25) is 0 Å². The highest BCUT2D eigenvalue weighted by Crippen LogP contribution is 2.28. The van der Waals surface area contributed by atoms with E-state index in [1.807, 2.05) is 45.0 Å². The Bertz CT molecular complexity index is 600. The van der Waals surface area contributed by atoms with Gasteiger partial charge < -0.3 is 4.74 Å². The molecule has 106 valence electrons. The first-order chi connectivity index (χ1) is 9.51. The van der Waals surface area contributed by atoms with Crippen molar-refractivity contribution >= 4 is 27.5 Å². The van der Waals surface area contributed by atoms with Gasteiger partial charge in [-0.15, -0.1) is 0 Å². The number of benzene rings is 1. The maximum Gasteiger partial charge on any atom is 0.161 e. The van der Waals surface area contributed by atoms with Gasteiger partial charge in [0, 0.05) is 5.56 Å². The van der Waals surface area contributed by atoms with E-state index in [1.165, 1.54) is 0 Å². The second-order valence-electron chi connectivity index (χ2n) is 4.64. The van der Waals surface area contributed by atoms with Crippen molar-refractivity contribution in [1.29, 1.82) is 0 Å². The van der Waals surface area contributed by atoms with E-state index in [4.69, 9.17) is 16.3 Å². The molecule has 0 radical (unpaired) electrons. The fraction of sp³-hybridized carbons (Fsp3) is 0.333. The van der Waals surface area contributed by atoms with Crippen LogP contribution in [0, 0.1) is 0 Å². The van der Waals surface area contributed by atoms with Crippen LogP contribution >= 0.6 is 27.5 Å². The Morgan fingerprint density at radius 2 is 1.85 bits per heavy atom. The first kappa shape index (κ1) is 15.3. The van der Waals surface area contributed by atoms with Crippen LogP contribution in [0.1, 0.15) is 26.5 Å². The summed E-state index contributed by atoms with van der Waals surface area (Å²) in [5, 5.41) is 0.439. The minimum absolute atomic E-state index is 0.158. The fourth-order valence-corrected chi connectivity index (χ4v) is 2.43. The van der Waals surface area contributed by atoms with Crippen molar-refractivity contribution < 1.29 is 4.74 Å². The van der Waals surface area contributed by atoms with E-state index in [0.717, 1.165) is 27.9 Å². The predicted octanol–water partition coefficient (Wildman–Crippen LogP) is 4.91. The molecule has 0 amide bonds. The summed E-state index contributed by atoms with van der Waals surface area (Å²) in [6.45, 7) is 6.03. The minimum Gasteiger partial charge on any atom is -0.491 e. The van der Waals surface area contributed by atoms with E-state index in [0.29, 0.717) is 11.0 Å². The standard InChI is InChI=1S/C15H16BrClN2O/c1-4-12-13(16)14(17)19-15(18-12)10-5-7-11(8-6-10)20-9(2)3/h5-9H,4H2,1-3H3. The van der Waals surface area contributed by atoms with Crippen LogP contribution in [0.5, 0.6) is 5.75 Å². The topological polar surface area (TPSA) is 35.0 Å². The van der Waals surface area contributed by atoms with E-state index in [9.17, 15) is 0 Å². The summed E-state index contributed by atoms with van der Waals surface area (Å²) < 4.78 is 6.39. The van der Waals surface area contributed by atoms with Gasteiger partial charge in [-0.2, -0.15) is 0 Å². The van der Waals surface area contributed by atoms with Crippen molar-refractivity contribution in [3.05, 3.63) is 39.6 Å². The zero-order valence-corrected chi connectivity index (χ0v) is 14.0. The summed E-state index contributed by atoms with van der Waals surface area (Å²) in [5.41, 5.74) is 1.83. The SMILES string of the molecule is CCc1nc(-c2ccc(OC(C)C)cc2)nc(Cl)c1Br. The summed E-state index contributed by atoms with van der Waals surface area (Å²) in [6.07, 6.45) is 0.954. The zero-order chi connectivity index (χ0) is 14.7. The number of aromatic nitrogens is 2. The smallest absolute Gasteiger partial charge is 0.161 e. The number of rotatable bonds is 4. The maximum absolute atomic E-state index is 6.13. The van der Waals surface area contributed by atoms with Crippen molar-refractivity contribution in [2.24, 2.45) is 0 Å². The second-order valence-corrected chi connectivity index (χ2v) is 5.79. The van der Waals surface area contributed by atoms with Crippen molar-refractivity contribution in [2.75, 3.05) is 0 Å². The van der Waals surface area contributed by atoms with Crippen LogP contribution in [0.25, 0.3) is 11.4 Å². The molecule has 0 aliphatic carbocycles. The molecule has 3 nitrogen and oxygen atoms in total. The molecule has 0 saturated heterocycles. The van der Waals surface area contributed by atoms with Gasteiger partial charge in [0.15, 0.2) is 5.82 Å². The summed E-state index contributed by atoms with van der Waals surface area (Å²) >= 11 is 9.53. The normalized spacial score (nSPS) is 10.9. The van der Waals surface area contributed by atoms with Crippen LogP contribution in [0.2, 0.25) is 5.15 Å². The third-order valence-corrected chi connectivity index (χ3v) is 4.03. The monoisotopic (exact) mass is 354 g/mol. The molecule has 20 heavy (non-hydrogen) atoms. The predicted molar refractivity (Wildman–Crippen MR) is 85.3 cm³/mol. The fourth-order valence-electron chi connectivity index (χ4n) is 1.78.